The number of hydrogen-bond acceptors (Lipinski definition) is 4. The highest BCUT2D eigenvalue weighted by molar-refractivity contribution is 9.10. The van der Waals surface area contributed by atoms with Crippen LogP contribution >= 0.6 is 15.9 Å². The van der Waals surface area contributed by atoms with E-state index in [4.69, 9.17) is 9.15 Å². The number of benzene rings is 2. The van der Waals surface area contributed by atoms with Gasteiger partial charge in [0.1, 0.15) is 11.4 Å². The molecule has 4 rings (SSSR count). The maximum absolute atomic E-state index is 13.2. The Hall–Kier alpha value is -3.19. The van der Waals surface area contributed by atoms with Gasteiger partial charge < -0.3 is 13.7 Å². The van der Waals surface area contributed by atoms with E-state index in [9.17, 15) is 14.0 Å². The van der Waals surface area contributed by atoms with Crippen LogP contribution in [0.5, 0.6) is 0 Å². The molecule has 0 N–H and O–H groups in total. The van der Waals surface area contributed by atoms with Crippen LogP contribution in [-0.2, 0) is 4.74 Å². The summed E-state index contributed by atoms with van der Waals surface area (Å²) in [5.74, 6) is -1.27. The number of fused-ring (bicyclic) bond motifs is 1. The number of hydrogen-bond donors (Lipinski definition) is 0. The maximum atomic E-state index is 13.2. The van der Waals surface area contributed by atoms with E-state index < -0.39 is 12.6 Å². The zero-order valence-electron chi connectivity index (χ0n) is 17.2. The first kappa shape index (κ1) is 21.1. The van der Waals surface area contributed by atoms with Gasteiger partial charge in [0.2, 0.25) is 11.5 Å². The number of carbonyl (C=O) groups excluding carboxylic acids is 2. The second-order valence-corrected chi connectivity index (χ2v) is 8.21. The average molecular weight is 484 g/mol. The number of nitrogens with zero attached hydrogens (tertiary/aromatic N) is 1. The Morgan fingerprint density at radius 2 is 1.77 bits per heavy atom. The van der Waals surface area contributed by atoms with E-state index in [1.54, 1.807) is 38.1 Å². The standard InChI is InChI=1S/C24H19BrFNO4/c1-13-10-20(15(3)27(13)18-7-5-17(26)6-8-18)21(28)12-30-24(29)23-14(2)19-11-16(25)4-9-22(19)31-23/h4-11H,12H2,1-3H3. The Kier molecular flexibility index (Phi) is 5.54. The van der Waals surface area contributed by atoms with Crippen molar-refractivity contribution in [2.45, 2.75) is 20.8 Å². The van der Waals surface area contributed by atoms with Crippen LogP contribution in [-0.4, -0.2) is 22.9 Å². The molecule has 4 aromatic rings. The van der Waals surface area contributed by atoms with E-state index >= 15 is 0 Å². The number of ether oxygens (including phenoxy) is 1. The minimum Gasteiger partial charge on any atom is -0.451 e. The summed E-state index contributed by atoms with van der Waals surface area (Å²) in [5.41, 5.74) is 3.92. The zero-order chi connectivity index (χ0) is 22.3. The topological polar surface area (TPSA) is 61.4 Å². The van der Waals surface area contributed by atoms with Gasteiger partial charge in [-0.25, -0.2) is 9.18 Å². The Labute approximate surface area is 186 Å². The molecule has 0 unspecified atom stereocenters. The first-order valence-corrected chi connectivity index (χ1v) is 10.4. The van der Waals surface area contributed by atoms with Gasteiger partial charge in [-0.3, -0.25) is 4.79 Å². The van der Waals surface area contributed by atoms with Gasteiger partial charge in [-0.2, -0.15) is 0 Å². The molecule has 0 bridgehead atoms. The minimum atomic E-state index is -0.689. The van der Waals surface area contributed by atoms with Crippen molar-refractivity contribution >= 4 is 38.7 Å². The minimum absolute atomic E-state index is 0.0812. The SMILES string of the molecule is Cc1c(C(=O)OCC(=O)c2cc(C)n(-c3ccc(F)cc3)c2C)oc2ccc(Br)cc12. The highest BCUT2D eigenvalue weighted by atomic mass is 79.9. The molecule has 7 heteroatoms. The number of aryl methyl sites for hydroxylation is 2. The lowest BCUT2D eigenvalue weighted by molar-refractivity contribution is 0.0445. The number of rotatable bonds is 5. The van der Waals surface area contributed by atoms with Gasteiger partial charge >= 0.3 is 5.97 Å². The summed E-state index contributed by atoms with van der Waals surface area (Å²) < 4.78 is 26.9. The van der Waals surface area contributed by atoms with Gasteiger partial charge in [0.25, 0.3) is 0 Å². The van der Waals surface area contributed by atoms with Gasteiger partial charge in [0.05, 0.1) is 0 Å². The van der Waals surface area contributed by atoms with Crippen molar-refractivity contribution < 1.29 is 23.1 Å². The molecule has 2 aromatic carbocycles. The highest BCUT2D eigenvalue weighted by Crippen LogP contribution is 2.28. The third-order valence-electron chi connectivity index (χ3n) is 5.23. The van der Waals surface area contributed by atoms with Crippen molar-refractivity contribution in [2.75, 3.05) is 6.61 Å². The van der Waals surface area contributed by atoms with Gasteiger partial charge in [0.15, 0.2) is 6.61 Å². The fourth-order valence-corrected chi connectivity index (χ4v) is 4.06. The summed E-state index contributed by atoms with van der Waals surface area (Å²) in [6.07, 6.45) is 0. The van der Waals surface area contributed by atoms with Crippen LogP contribution in [0.15, 0.2) is 57.4 Å². The fourth-order valence-electron chi connectivity index (χ4n) is 3.69. The van der Waals surface area contributed by atoms with Crippen LogP contribution < -0.4 is 0 Å². The lowest BCUT2D eigenvalue weighted by Gasteiger charge is -2.10. The summed E-state index contributed by atoms with van der Waals surface area (Å²) in [4.78, 5) is 25.3. The third kappa shape index (κ3) is 3.93. The van der Waals surface area contributed by atoms with Gasteiger partial charge in [-0.15, -0.1) is 0 Å². The van der Waals surface area contributed by atoms with Crippen LogP contribution in [0.1, 0.15) is 37.9 Å². The van der Waals surface area contributed by atoms with Crippen LogP contribution in [0.2, 0.25) is 0 Å². The van der Waals surface area contributed by atoms with E-state index in [2.05, 4.69) is 15.9 Å². The summed E-state index contributed by atoms with van der Waals surface area (Å²) in [7, 11) is 0. The molecule has 0 aliphatic heterocycles. The number of ketones is 1. The first-order chi connectivity index (χ1) is 14.8. The molecule has 2 heterocycles. The average Bonchev–Trinajstić information content (AvgIpc) is 3.23. The first-order valence-electron chi connectivity index (χ1n) is 9.60. The molecule has 0 saturated carbocycles. The molecule has 0 saturated heterocycles. The number of aromatic nitrogens is 1. The number of halogens is 2. The molecule has 0 aliphatic rings. The molecular formula is C24H19BrFNO4. The Morgan fingerprint density at radius 1 is 1.06 bits per heavy atom. The smallest absolute Gasteiger partial charge is 0.375 e. The van der Waals surface area contributed by atoms with Crippen LogP contribution in [0.3, 0.4) is 0 Å². The van der Waals surface area contributed by atoms with Crippen molar-refractivity contribution in [1.82, 2.24) is 4.57 Å². The summed E-state index contributed by atoms with van der Waals surface area (Å²) in [6, 6.07) is 13.2. The van der Waals surface area contributed by atoms with Crippen LogP contribution in [0.25, 0.3) is 16.7 Å². The molecule has 0 amide bonds. The van der Waals surface area contributed by atoms with Gasteiger partial charge in [0, 0.05) is 38.1 Å². The molecule has 31 heavy (non-hydrogen) atoms. The van der Waals surface area contributed by atoms with E-state index in [0.29, 0.717) is 22.4 Å². The Balaban J connectivity index is 1.53. The molecule has 0 spiro atoms. The fraction of sp³-hybridized carbons (Fsp3) is 0.167. The van der Waals surface area contributed by atoms with Crippen molar-refractivity contribution in [1.29, 1.82) is 0 Å². The lowest BCUT2D eigenvalue weighted by atomic mass is 10.1. The Bertz CT molecular complexity index is 1320. The van der Waals surface area contributed by atoms with Crippen molar-refractivity contribution in [2.24, 2.45) is 0 Å². The third-order valence-corrected chi connectivity index (χ3v) is 5.73. The summed E-state index contributed by atoms with van der Waals surface area (Å²) in [5, 5.41) is 0.801. The van der Waals surface area contributed by atoms with E-state index in [0.717, 1.165) is 21.2 Å². The summed E-state index contributed by atoms with van der Waals surface area (Å²) in [6.45, 7) is 5.02. The number of furan rings is 1. The predicted octanol–water partition coefficient (Wildman–Crippen LogP) is 6.09. The second-order valence-electron chi connectivity index (χ2n) is 7.29. The molecule has 0 atom stereocenters. The second kappa shape index (κ2) is 8.15. The number of esters is 1. The predicted molar refractivity (Wildman–Crippen MR) is 118 cm³/mol. The van der Waals surface area contributed by atoms with E-state index in [1.807, 2.05) is 23.6 Å². The molecule has 0 aliphatic carbocycles. The van der Waals surface area contributed by atoms with E-state index in [1.165, 1.54) is 12.1 Å². The van der Waals surface area contributed by atoms with Crippen molar-refractivity contribution in [3.8, 4) is 5.69 Å². The normalized spacial score (nSPS) is 11.1. The zero-order valence-corrected chi connectivity index (χ0v) is 18.7. The molecule has 2 aromatic heterocycles. The number of Topliss-reactive ketones (excluding diaryl/α,β-unsaturated/α-hetero) is 1. The van der Waals surface area contributed by atoms with Crippen molar-refractivity contribution in [3.63, 3.8) is 0 Å². The van der Waals surface area contributed by atoms with Crippen LogP contribution in [0, 0.1) is 26.6 Å². The largest absolute Gasteiger partial charge is 0.451 e. The molecule has 158 valence electrons. The van der Waals surface area contributed by atoms with Crippen molar-refractivity contribution in [3.05, 3.63) is 87.1 Å². The molecule has 5 nitrogen and oxygen atoms in total. The molecule has 0 fully saturated rings. The molecule has 0 radical (unpaired) electrons. The maximum Gasteiger partial charge on any atom is 0.375 e. The monoisotopic (exact) mass is 483 g/mol. The highest BCUT2D eigenvalue weighted by Gasteiger charge is 2.22. The molecular weight excluding hydrogens is 465 g/mol. The van der Waals surface area contributed by atoms with Gasteiger partial charge in [-0.05, 0) is 69.3 Å². The Morgan fingerprint density at radius 3 is 2.48 bits per heavy atom. The quantitative estimate of drug-likeness (QED) is 0.254. The lowest BCUT2D eigenvalue weighted by Crippen LogP contribution is -2.15. The van der Waals surface area contributed by atoms with Crippen LogP contribution in [0.4, 0.5) is 4.39 Å². The summed E-state index contributed by atoms with van der Waals surface area (Å²) >= 11 is 3.40. The van der Waals surface area contributed by atoms with Gasteiger partial charge in [-0.1, -0.05) is 15.9 Å². The number of carbonyl (C=O) groups is 2. The van der Waals surface area contributed by atoms with E-state index in [-0.39, 0.29) is 17.4 Å².